The van der Waals surface area contributed by atoms with Gasteiger partial charge in [-0.3, -0.25) is 4.79 Å². The minimum absolute atomic E-state index is 0.0867. The van der Waals surface area contributed by atoms with Gasteiger partial charge in [-0.2, -0.15) is 5.10 Å². The summed E-state index contributed by atoms with van der Waals surface area (Å²) in [6, 6.07) is 21.8. The Labute approximate surface area is 165 Å². The normalized spacial score (nSPS) is 10.9. The summed E-state index contributed by atoms with van der Waals surface area (Å²) in [5.41, 5.74) is 4.59. The van der Waals surface area contributed by atoms with E-state index >= 15 is 0 Å². The fourth-order valence-electron chi connectivity index (χ4n) is 2.98. The van der Waals surface area contributed by atoms with E-state index in [-0.39, 0.29) is 12.5 Å². The third-order valence-electron chi connectivity index (χ3n) is 4.52. The number of anilines is 1. The second kappa shape index (κ2) is 9.55. The molecule has 0 aliphatic carbocycles. The molecule has 0 saturated carbocycles. The van der Waals surface area contributed by atoms with E-state index in [9.17, 15) is 4.79 Å². The predicted octanol–water partition coefficient (Wildman–Crippen LogP) is 4.22. The van der Waals surface area contributed by atoms with Crippen molar-refractivity contribution in [1.82, 2.24) is 5.43 Å². The molecule has 5 heteroatoms. The summed E-state index contributed by atoms with van der Waals surface area (Å²) in [7, 11) is 0. The van der Waals surface area contributed by atoms with Crippen LogP contribution < -0.4 is 15.1 Å². The Bertz CT molecular complexity index is 947. The lowest BCUT2D eigenvalue weighted by Crippen LogP contribution is -2.24. The molecule has 0 bridgehead atoms. The first kappa shape index (κ1) is 19.4. The lowest BCUT2D eigenvalue weighted by atomic mass is 10.1. The van der Waals surface area contributed by atoms with Gasteiger partial charge in [0.05, 0.1) is 6.21 Å². The van der Waals surface area contributed by atoms with Gasteiger partial charge < -0.3 is 9.64 Å². The van der Waals surface area contributed by atoms with Crippen LogP contribution in [0.15, 0.2) is 71.8 Å². The van der Waals surface area contributed by atoms with Crippen LogP contribution in [0.25, 0.3) is 10.8 Å². The van der Waals surface area contributed by atoms with Gasteiger partial charge >= 0.3 is 0 Å². The van der Waals surface area contributed by atoms with Crippen LogP contribution in [0, 0.1) is 0 Å². The third-order valence-corrected chi connectivity index (χ3v) is 4.52. The minimum atomic E-state index is -0.302. The van der Waals surface area contributed by atoms with Crippen LogP contribution in [0.2, 0.25) is 0 Å². The molecule has 0 atom stereocenters. The quantitative estimate of drug-likeness (QED) is 0.474. The largest absolute Gasteiger partial charge is 0.484 e. The number of benzene rings is 3. The lowest BCUT2D eigenvalue weighted by Gasteiger charge is -2.20. The van der Waals surface area contributed by atoms with Gasteiger partial charge in [0, 0.05) is 18.8 Å². The molecule has 0 unspecified atom stereocenters. The Morgan fingerprint density at radius 1 is 1.00 bits per heavy atom. The van der Waals surface area contributed by atoms with Gasteiger partial charge in [-0.05, 0) is 54.4 Å². The molecule has 3 aromatic carbocycles. The molecule has 3 rings (SSSR count). The molecule has 0 aromatic heterocycles. The van der Waals surface area contributed by atoms with Gasteiger partial charge in [-0.1, -0.05) is 42.5 Å². The zero-order chi connectivity index (χ0) is 19.8. The fraction of sp³-hybridized carbons (Fsp3) is 0.217. The summed E-state index contributed by atoms with van der Waals surface area (Å²) in [6.07, 6.45) is 1.62. The molecule has 0 spiro atoms. The Hall–Kier alpha value is -3.34. The average Bonchev–Trinajstić information content (AvgIpc) is 2.74. The number of nitrogens with zero attached hydrogens (tertiary/aromatic N) is 2. The number of nitrogens with one attached hydrogen (secondary N) is 1. The number of carbonyl (C=O) groups is 1. The summed E-state index contributed by atoms with van der Waals surface area (Å²) in [5.74, 6) is 0.356. The molecule has 1 amide bonds. The van der Waals surface area contributed by atoms with E-state index < -0.39 is 0 Å². The van der Waals surface area contributed by atoms with Crippen molar-refractivity contribution in [1.29, 1.82) is 0 Å². The lowest BCUT2D eigenvalue weighted by molar-refractivity contribution is -0.123. The number of fused-ring (bicyclic) bond motifs is 1. The van der Waals surface area contributed by atoms with Gasteiger partial charge in [0.2, 0.25) is 0 Å². The van der Waals surface area contributed by atoms with Gasteiger partial charge in [-0.25, -0.2) is 5.43 Å². The molecule has 0 saturated heterocycles. The Kier molecular flexibility index (Phi) is 6.63. The van der Waals surface area contributed by atoms with E-state index in [0.717, 1.165) is 29.4 Å². The second-order valence-corrected chi connectivity index (χ2v) is 6.35. The summed E-state index contributed by atoms with van der Waals surface area (Å²) >= 11 is 0. The van der Waals surface area contributed by atoms with Crippen LogP contribution >= 0.6 is 0 Å². The first-order valence-electron chi connectivity index (χ1n) is 9.48. The molecular weight excluding hydrogens is 350 g/mol. The molecular formula is C23H25N3O2. The number of hydrogen-bond donors (Lipinski definition) is 1. The standard InChI is InChI=1S/C23H25N3O2/c1-3-26(4-2)21-12-9-18(10-13-21)16-24-25-23(27)17-28-22-14-11-19-7-5-6-8-20(19)15-22/h5-16H,3-4,17H2,1-2H3,(H,25,27)/b24-16+. The van der Waals surface area contributed by atoms with Crippen molar-refractivity contribution in [3.8, 4) is 5.75 Å². The Balaban J connectivity index is 1.49. The van der Waals surface area contributed by atoms with E-state index in [1.807, 2.05) is 54.6 Å². The van der Waals surface area contributed by atoms with Gasteiger partial charge in [0.15, 0.2) is 6.61 Å². The minimum Gasteiger partial charge on any atom is -0.484 e. The molecule has 0 aliphatic heterocycles. The number of hydrogen-bond acceptors (Lipinski definition) is 4. The second-order valence-electron chi connectivity index (χ2n) is 6.35. The predicted molar refractivity (Wildman–Crippen MR) is 115 cm³/mol. The number of carbonyl (C=O) groups excluding carboxylic acids is 1. The SMILES string of the molecule is CCN(CC)c1ccc(/C=N/NC(=O)COc2ccc3ccccc3c2)cc1. The Morgan fingerprint density at radius 3 is 2.43 bits per heavy atom. The van der Waals surface area contributed by atoms with E-state index in [1.54, 1.807) is 6.21 Å². The van der Waals surface area contributed by atoms with Gasteiger partial charge in [0.25, 0.3) is 5.91 Å². The summed E-state index contributed by atoms with van der Waals surface area (Å²) in [6.45, 7) is 6.12. The maximum atomic E-state index is 11.9. The van der Waals surface area contributed by atoms with E-state index in [0.29, 0.717) is 5.75 Å². The summed E-state index contributed by atoms with van der Waals surface area (Å²) in [5, 5.41) is 6.21. The van der Waals surface area contributed by atoms with Crippen LogP contribution in [0.4, 0.5) is 5.69 Å². The molecule has 1 N–H and O–H groups in total. The zero-order valence-corrected chi connectivity index (χ0v) is 16.3. The van der Waals surface area contributed by atoms with E-state index in [2.05, 4.69) is 41.4 Å². The highest BCUT2D eigenvalue weighted by Crippen LogP contribution is 2.20. The number of amides is 1. The van der Waals surface area contributed by atoms with Crippen LogP contribution in [0.1, 0.15) is 19.4 Å². The molecule has 0 heterocycles. The highest BCUT2D eigenvalue weighted by molar-refractivity contribution is 5.85. The topological polar surface area (TPSA) is 53.9 Å². The Morgan fingerprint density at radius 2 is 1.71 bits per heavy atom. The average molecular weight is 375 g/mol. The van der Waals surface area contributed by atoms with Crippen molar-refractivity contribution in [2.24, 2.45) is 5.10 Å². The summed E-state index contributed by atoms with van der Waals surface area (Å²) in [4.78, 5) is 14.2. The smallest absolute Gasteiger partial charge is 0.277 e. The van der Waals surface area contributed by atoms with Crippen LogP contribution in [0.3, 0.4) is 0 Å². The first-order chi connectivity index (χ1) is 13.7. The van der Waals surface area contributed by atoms with Crippen molar-refractivity contribution >= 4 is 28.6 Å². The molecule has 144 valence electrons. The highest BCUT2D eigenvalue weighted by atomic mass is 16.5. The molecule has 0 radical (unpaired) electrons. The fourth-order valence-corrected chi connectivity index (χ4v) is 2.98. The zero-order valence-electron chi connectivity index (χ0n) is 16.3. The maximum Gasteiger partial charge on any atom is 0.277 e. The van der Waals surface area contributed by atoms with Crippen molar-refractivity contribution in [3.63, 3.8) is 0 Å². The van der Waals surface area contributed by atoms with Crippen molar-refractivity contribution in [2.45, 2.75) is 13.8 Å². The monoisotopic (exact) mass is 375 g/mol. The first-order valence-corrected chi connectivity index (χ1v) is 9.48. The van der Waals surface area contributed by atoms with Crippen LogP contribution in [-0.2, 0) is 4.79 Å². The number of rotatable bonds is 8. The number of ether oxygens (including phenoxy) is 1. The van der Waals surface area contributed by atoms with Crippen molar-refractivity contribution < 1.29 is 9.53 Å². The van der Waals surface area contributed by atoms with E-state index in [4.69, 9.17) is 4.74 Å². The van der Waals surface area contributed by atoms with Crippen molar-refractivity contribution in [2.75, 3.05) is 24.6 Å². The molecule has 5 nitrogen and oxygen atoms in total. The molecule has 0 aliphatic rings. The molecule has 28 heavy (non-hydrogen) atoms. The van der Waals surface area contributed by atoms with Crippen LogP contribution in [-0.4, -0.2) is 31.8 Å². The van der Waals surface area contributed by atoms with Gasteiger partial charge in [0.1, 0.15) is 5.75 Å². The van der Waals surface area contributed by atoms with E-state index in [1.165, 1.54) is 5.69 Å². The molecule has 3 aromatic rings. The number of hydrazone groups is 1. The van der Waals surface area contributed by atoms with Crippen LogP contribution in [0.5, 0.6) is 5.75 Å². The van der Waals surface area contributed by atoms with Crippen molar-refractivity contribution in [3.05, 3.63) is 72.3 Å². The van der Waals surface area contributed by atoms with Gasteiger partial charge in [-0.15, -0.1) is 0 Å². The third kappa shape index (κ3) is 5.10. The highest BCUT2D eigenvalue weighted by Gasteiger charge is 2.03. The summed E-state index contributed by atoms with van der Waals surface area (Å²) < 4.78 is 5.55. The molecule has 0 fully saturated rings. The maximum absolute atomic E-state index is 11.9.